The maximum atomic E-state index is 13.4. The minimum absolute atomic E-state index is 0.0390. The van der Waals surface area contributed by atoms with E-state index < -0.39 is 34.5 Å². The lowest BCUT2D eigenvalue weighted by atomic mass is 10.0. The number of hydrogen-bond acceptors (Lipinski definition) is 5. The Labute approximate surface area is 151 Å². The molecule has 8 heteroatoms. The molecule has 0 atom stereocenters. The smallest absolute Gasteiger partial charge is 0.353 e. The van der Waals surface area contributed by atoms with Gasteiger partial charge in [-0.15, -0.1) is 0 Å². The van der Waals surface area contributed by atoms with Gasteiger partial charge in [0.1, 0.15) is 17.1 Å². The molecule has 2 aromatic carbocycles. The van der Waals surface area contributed by atoms with E-state index in [0.717, 1.165) is 12.1 Å². The molecule has 0 aliphatic heterocycles. The highest BCUT2D eigenvalue weighted by atomic mass is 19.2. The number of fused-ring (bicyclic) bond motifs is 1. The third kappa shape index (κ3) is 3.55. The van der Waals surface area contributed by atoms with Gasteiger partial charge < -0.3 is 14.8 Å². The zero-order valence-corrected chi connectivity index (χ0v) is 14.0. The first kappa shape index (κ1) is 18.2. The van der Waals surface area contributed by atoms with E-state index in [1.165, 1.54) is 31.2 Å². The summed E-state index contributed by atoms with van der Waals surface area (Å²) in [5, 5.41) is 12.6. The Kier molecular flexibility index (Phi) is 4.72. The van der Waals surface area contributed by atoms with Crippen molar-refractivity contribution in [1.82, 2.24) is 5.32 Å². The second kappa shape index (κ2) is 6.99. The first-order valence-electron chi connectivity index (χ1n) is 7.81. The van der Waals surface area contributed by atoms with Crippen LogP contribution in [0.1, 0.15) is 17.3 Å². The number of ketones is 1. The van der Waals surface area contributed by atoms with Gasteiger partial charge in [0.05, 0.1) is 11.9 Å². The Morgan fingerprint density at radius 1 is 1.07 bits per heavy atom. The van der Waals surface area contributed by atoms with Gasteiger partial charge in [0.25, 0.3) is 5.91 Å². The molecule has 6 nitrogen and oxygen atoms in total. The lowest BCUT2D eigenvalue weighted by molar-refractivity contribution is -0.116. The normalized spacial score (nSPS) is 10.8. The Morgan fingerprint density at radius 2 is 1.74 bits per heavy atom. The van der Waals surface area contributed by atoms with Crippen molar-refractivity contribution in [2.75, 3.05) is 6.54 Å². The van der Waals surface area contributed by atoms with Crippen LogP contribution in [0.5, 0.6) is 5.75 Å². The predicted molar refractivity (Wildman–Crippen MR) is 92.5 cm³/mol. The van der Waals surface area contributed by atoms with Crippen molar-refractivity contribution in [3.8, 4) is 16.9 Å². The fourth-order valence-electron chi connectivity index (χ4n) is 2.53. The molecule has 0 unspecified atom stereocenters. The average molecular weight is 373 g/mol. The number of nitrogens with one attached hydrogen (secondary N) is 1. The summed E-state index contributed by atoms with van der Waals surface area (Å²) in [4.78, 5) is 35.1. The van der Waals surface area contributed by atoms with Crippen LogP contribution in [-0.4, -0.2) is 23.3 Å². The monoisotopic (exact) mass is 373 g/mol. The van der Waals surface area contributed by atoms with E-state index >= 15 is 0 Å². The van der Waals surface area contributed by atoms with Crippen LogP contribution in [0.15, 0.2) is 45.6 Å². The summed E-state index contributed by atoms with van der Waals surface area (Å²) in [6.07, 6.45) is 0. The van der Waals surface area contributed by atoms with Gasteiger partial charge in [-0.05, 0) is 42.3 Å². The van der Waals surface area contributed by atoms with Gasteiger partial charge >= 0.3 is 5.63 Å². The number of Topliss-reactive ketones (excluding diaryl/α,β-unsaturated/α-hetero) is 1. The van der Waals surface area contributed by atoms with Gasteiger partial charge in [-0.25, -0.2) is 13.6 Å². The van der Waals surface area contributed by atoms with E-state index in [9.17, 15) is 28.3 Å². The van der Waals surface area contributed by atoms with Crippen molar-refractivity contribution in [2.45, 2.75) is 6.92 Å². The molecule has 0 fully saturated rings. The predicted octanol–water partition coefficient (Wildman–Crippen LogP) is 2.76. The van der Waals surface area contributed by atoms with Gasteiger partial charge in [-0.3, -0.25) is 9.59 Å². The van der Waals surface area contributed by atoms with Gasteiger partial charge in [-0.2, -0.15) is 0 Å². The number of rotatable bonds is 4. The number of amides is 1. The zero-order valence-electron chi connectivity index (χ0n) is 14.0. The zero-order chi connectivity index (χ0) is 19.7. The second-order valence-electron chi connectivity index (χ2n) is 5.84. The maximum absolute atomic E-state index is 13.4. The molecular weight excluding hydrogens is 360 g/mol. The molecule has 2 N–H and O–H groups in total. The van der Waals surface area contributed by atoms with E-state index in [0.29, 0.717) is 11.1 Å². The molecule has 3 aromatic rings. The third-order valence-corrected chi connectivity index (χ3v) is 3.86. The molecule has 0 bridgehead atoms. The number of benzene rings is 2. The number of aromatic hydroxyl groups is 1. The van der Waals surface area contributed by atoms with Crippen LogP contribution in [0.2, 0.25) is 0 Å². The molecular formula is C19H13F2NO5. The third-order valence-electron chi connectivity index (χ3n) is 3.86. The standard InChI is InChI=1S/C19H13F2NO5/c1-9(23)8-22-18(25)16-17(24)12-4-2-11(7-15(12)27-19(16)26)10-3-5-13(20)14(21)6-10/h2-7,24H,8H2,1H3,(H,22,25). The van der Waals surface area contributed by atoms with Crippen LogP contribution in [0, 0.1) is 11.6 Å². The largest absolute Gasteiger partial charge is 0.506 e. The minimum atomic E-state index is -1.09. The quantitative estimate of drug-likeness (QED) is 0.686. The average Bonchev–Trinajstić information content (AvgIpc) is 2.61. The number of hydrogen-bond donors (Lipinski definition) is 2. The summed E-state index contributed by atoms with van der Waals surface area (Å²) < 4.78 is 31.6. The number of carbonyl (C=O) groups excluding carboxylic acids is 2. The van der Waals surface area contributed by atoms with Gasteiger partial charge in [0.15, 0.2) is 17.2 Å². The SMILES string of the molecule is CC(=O)CNC(=O)c1c(O)c2ccc(-c3ccc(F)c(F)c3)cc2oc1=O. The molecule has 0 aliphatic rings. The molecule has 1 aromatic heterocycles. The molecule has 0 saturated carbocycles. The van der Waals surface area contributed by atoms with E-state index in [1.54, 1.807) is 0 Å². The Morgan fingerprint density at radius 3 is 2.41 bits per heavy atom. The molecule has 3 rings (SSSR count). The van der Waals surface area contributed by atoms with Gasteiger partial charge in [0.2, 0.25) is 0 Å². The Bertz CT molecular complexity index is 1140. The number of halogens is 2. The van der Waals surface area contributed by atoms with Crippen LogP contribution in [0.4, 0.5) is 8.78 Å². The summed E-state index contributed by atoms with van der Waals surface area (Å²) in [7, 11) is 0. The molecule has 1 heterocycles. The summed E-state index contributed by atoms with van der Waals surface area (Å²) in [5.74, 6) is -3.90. The lowest BCUT2D eigenvalue weighted by Gasteiger charge is -2.08. The van der Waals surface area contributed by atoms with E-state index in [2.05, 4.69) is 5.32 Å². The van der Waals surface area contributed by atoms with E-state index in [-0.39, 0.29) is 23.3 Å². The highest BCUT2D eigenvalue weighted by molar-refractivity contribution is 6.03. The summed E-state index contributed by atoms with van der Waals surface area (Å²) >= 11 is 0. The molecule has 1 amide bonds. The summed E-state index contributed by atoms with van der Waals surface area (Å²) in [6, 6.07) is 7.53. The topological polar surface area (TPSA) is 96.6 Å². The van der Waals surface area contributed by atoms with Crippen LogP contribution in [0.25, 0.3) is 22.1 Å². The lowest BCUT2D eigenvalue weighted by Crippen LogP contribution is -2.31. The maximum Gasteiger partial charge on any atom is 0.353 e. The molecule has 27 heavy (non-hydrogen) atoms. The van der Waals surface area contributed by atoms with Crippen LogP contribution in [0.3, 0.4) is 0 Å². The summed E-state index contributed by atoms with van der Waals surface area (Å²) in [5.41, 5.74) is -1.00. The van der Waals surface area contributed by atoms with Crippen molar-refractivity contribution in [2.24, 2.45) is 0 Å². The molecule has 0 spiro atoms. The summed E-state index contributed by atoms with van der Waals surface area (Å²) in [6.45, 7) is 0.952. The minimum Gasteiger partial charge on any atom is -0.506 e. The molecule has 138 valence electrons. The van der Waals surface area contributed by atoms with Crippen LogP contribution < -0.4 is 10.9 Å². The molecule has 0 aliphatic carbocycles. The van der Waals surface area contributed by atoms with Crippen LogP contribution in [-0.2, 0) is 4.79 Å². The van der Waals surface area contributed by atoms with Gasteiger partial charge in [0, 0.05) is 0 Å². The Balaban J connectivity index is 2.07. The van der Waals surface area contributed by atoms with E-state index in [1.807, 2.05) is 0 Å². The van der Waals surface area contributed by atoms with E-state index in [4.69, 9.17) is 4.42 Å². The van der Waals surface area contributed by atoms with Crippen molar-refractivity contribution in [1.29, 1.82) is 0 Å². The van der Waals surface area contributed by atoms with Crippen molar-refractivity contribution >= 4 is 22.7 Å². The van der Waals surface area contributed by atoms with Gasteiger partial charge in [-0.1, -0.05) is 12.1 Å². The fraction of sp³-hybridized carbons (Fsp3) is 0.105. The Hall–Kier alpha value is -3.55. The molecule has 0 saturated heterocycles. The van der Waals surface area contributed by atoms with Crippen molar-refractivity contribution < 1.29 is 27.9 Å². The number of carbonyl (C=O) groups is 2. The highest BCUT2D eigenvalue weighted by Gasteiger charge is 2.21. The first-order valence-corrected chi connectivity index (χ1v) is 7.81. The van der Waals surface area contributed by atoms with Crippen LogP contribution >= 0.6 is 0 Å². The van der Waals surface area contributed by atoms with Crippen molar-refractivity contribution in [3.05, 3.63) is 64.0 Å². The highest BCUT2D eigenvalue weighted by Crippen LogP contribution is 2.30. The molecule has 0 radical (unpaired) electrons. The van der Waals surface area contributed by atoms with Crippen molar-refractivity contribution in [3.63, 3.8) is 0 Å². The first-order chi connectivity index (χ1) is 12.8. The second-order valence-corrected chi connectivity index (χ2v) is 5.84. The fourth-order valence-corrected chi connectivity index (χ4v) is 2.53.